The van der Waals surface area contributed by atoms with Gasteiger partial charge >= 0.3 is 0 Å². The molecule has 86 valence electrons. The molecule has 1 saturated heterocycles. The molecule has 1 heterocycles. The van der Waals surface area contributed by atoms with E-state index in [9.17, 15) is 0 Å². The standard InChI is InChI=1S/C12H15N3.ClH/c13-8-10-3-5-12(6-4-10)15-7-1-2-11(14)9-15;/h3-6,11H,1-2,7,9,14H2;1H/t11-;/m0./s1. The van der Waals surface area contributed by atoms with Crippen LogP contribution >= 0.6 is 12.4 Å². The molecule has 0 aliphatic carbocycles. The minimum absolute atomic E-state index is 0. The van der Waals surface area contributed by atoms with E-state index in [0.29, 0.717) is 5.56 Å². The van der Waals surface area contributed by atoms with Crippen molar-refractivity contribution < 1.29 is 0 Å². The number of halogens is 1. The Morgan fingerprint density at radius 1 is 1.31 bits per heavy atom. The average Bonchev–Trinajstić information content (AvgIpc) is 2.29. The third kappa shape index (κ3) is 2.88. The molecule has 0 spiro atoms. The van der Waals surface area contributed by atoms with Crippen LogP contribution in [0.25, 0.3) is 0 Å². The lowest BCUT2D eigenvalue weighted by atomic mass is 10.1. The first-order valence-electron chi connectivity index (χ1n) is 5.30. The molecule has 1 aromatic rings. The molecule has 1 aliphatic rings. The van der Waals surface area contributed by atoms with E-state index in [4.69, 9.17) is 11.0 Å². The van der Waals surface area contributed by atoms with Crippen molar-refractivity contribution in [3.05, 3.63) is 29.8 Å². The van der Waals surface area contributed by atoms with Crippen molar-refractivity contribution in [1.82, 2.24) is 0 Å². The number of nitriles is 1. The Morgan fingerprint density at radius 3 is 2.56 bits per heavy atom. The van der Waals surface area contributed by atoms with Gasteiger partial charge in [-0.25, -0.2) is 0 Å². The van der Waals surface area contributed by atoms with Gasteiger partial charge in [-0.15, -0.1) is 12.4 Å². The molecule has 1 aromatic carbocycles. The molecule has 1 fully saturated rings. The molecule has 0 bridgehead atoms. The van der Waals surface area contributed by atoms with E-state index < -0.39 is 0 Å². The first-order chi connectivity index (χ1) is 7.29. The van der Waals surface area contributed by atoms with Crippen LogP contribution in [0.1, 0.15) is 18.4 Å². The van der Waals surface area contributed by atoms with Gasteiger partial charge in [0.1, 0.15) is 0 Å². The highest BCUT2D eigenvalue weighted by atomic mass is 35.5. The van der Waals surface area contributed by atoms with Gasteiger partial charge in [-0.1, -0.05) is 0 Å². The van der Waals surface area contributed by atoms with Gasteiger partial charge in [0, 0.05) is 24.8 Å². The van der Waals surface area contributed by atoms with Crippen LogP contribution in [0.2, 0.25) is 0 Å². The summed E-state index contributed by atoms with van der Waals surface area (Å²) in [6, 6.07) is 10.1. The zero-order valence-corrected chi connectivity index (χ0v) is 9.91. The Morgan fingerprint density at radius 2 is 2.00 bits per heavy atom. The summed E-state index contributed by atoms with van der Waals surface area (Å²) in [5.41, 5.74) is 7.80. The molecule has 0 unspecified atom stereocenters. The van der Waals surface area contributed by atoms with Crippen LogP contribution in [0.15, 0.2) is 24.3 Å². The van der Waals surface area contributed by atoms with Crippen LogP contribution in [0.3, 0.4) is 0 Å². The summed E-state index contributed by atoms with van der Waals surface area (Å²) in [5.74, 6) is 0. The summed E-state index contributed by atoms with van der Waals surface area (Å²) >= 11 is 0. The van der Waals surface area contributed by atoms with Crippen molar-refractivity contribution in [3.63, 3.8) is 0 Å². The largest absolute Gasteiger partial charge is 0.370 e. The van der Waals surface area contributed by atoms with E-state index in [1.807, 2.05) is 24.3 Å². The van der Waals surface area contributed by atoms with E-state index in [1.165, 1.54) is 5.69 Å². The third-order valence-corrected chi connectivity index (χ3v) is 2.82. The number of nitrogens with two attached hydrogens (primary N) is 1. The number of benzene rings is 1. The van der Waals surface area contributed by atoms with Crippen LogP contribution in [-0.4, -0.2) is 19.1 Å². The molecular formula is C12H16ClN3. The zero-order valence-electron chi connectivity index (χ0n) is 9.10. The molecule has 0 radical (unpaired) electrons. The summed E-state index contributed by atoms with van der Waals surface area (Å²) in [5, 5.41) is 8.70. The second kappa shape index (κ2) is 5.74. The monoisotopic (exact) mass is 237 g/mol. The fourth-order valence-corrected chi connectivity index (χ4v) is 1.99. The summed E-state index contributed by atoms with van der Waals surface area (Å²) in [6.45, 7) is 1.99. The number of rotatable bonds is 1. The Hall–Kier alpha value is -1.24. The van der Waals surface area contributed by atoms with Crippen LogP contribution < -0.4 is 10.6 Å². The lowest BCUT2D eigenvalue weighted by Gasteiger charge is -2.32. The Labute approximate surface area is 102 Å². The van der Waals surface area contributed by atoms with E-state index >= 15 is 0 Å². The fraction of sp³-hybridized carbons (Fsp3) is 0.417. The Bertz CT molecular complexity index is 369. The molecule has 0 aromatic heterocycles. The Kier molecular flexibility index (Phi) is 4.60. The number of nitrogens with zero attached hydrogens (tertiary/aromatic N) is 2. The van der Waals surface area contributed by atoms with Crippen molar-refractivity contribution in [3.8, 4) is 6.07 Å². The smallest absolute Gasteiger partial charge is 0.0991 e. The third-order valence-electron chi connectivity index (χ3n) is 2.82. The maximum Gasteiger partial charge on any atom is 0.0991 e. The normalized spacial score (nSPS) is 19.8. The van der Waals surface area contributed by atoms with Crippen molar-refractivity contribution in [1.29, 1.82) is 5.26 Å². The summed E-state index contributed by atoms with van der Waals surface area (Å²) in [4.78, 5) is 2.29. The van der Waals surface area contributed by atoms with Crippen LogP contribution in [0.5, 0.6) is 0 Å². The molecule has 3 nitrogen and oxygen atoms in total. The first kappa shape index (κ1) is 12.8. The van der Waals surface area contributed by atoms with Crippen LogP contribution in [-0.2, 0) is 0 Å². The predicted octanol–water partition coefficient (Wildman–Crippen LogP) is 1.91. The molecule has 1 aliphatic heterocycles. The fourth-order valence-electron chi connectivity index (χ4n) is 1.99. The number of piperidine rings is 1. The summed E-state index contributed by atoms with van der Waals surface area (Å²) in [7, 11) is 0. The van der Waals surface area contributed by atoms with Gasteiger partial charge in [0.05, 0.1) is 11.6 Å². The van der Waals surface area contributed by atoms with Gasteiger partial charge in [-0.05, 0) is 37.1 Å². The molecule has 4 heteroatoms. The minimum atomic E-state index is 0. The molecular weight excluding hydrogens is 222 g/mol. The molecule has 0 saturated carbocycles. The zero-order chi connectivity index (χ0) is 10.7. The first-order valence-corrected chi connectivity index (χ1v) is 5.30. The van der Waals surface area contributed by atoms with Gasteiger partial charge in [0.2, 0.25) is 0 Å². The van der Waals surface area contributed by atoms with Gasteiger partial charge in [-0.2, -0.15) is 5.26 Å². The van der Waals surface area contributed by atoms with E-state index in [1.54, 1.807) is 0 Å². The second-order valence-electron chi connectivity index (χ2n) is 4.01. The van der Waals surface area contributed by atoms with Gasteiger partial charge < -0.3 is 10.6 Å². The lowest BCUT2D eigenvalue weighted by molar-refractivity contribution is 0.506. The molecule has 16 heavy (non-hydrogen) atoms. The topological polar surface area (TPSA) is 53.0 Å². The molecule has 2 N–H and O–H groups in total. The van der Waals surface area contributed by atoms with Crippen LogP contribution in [0, 0.1) is 11.3 Å². The summed E-state index contributed by atoms with van der Waals surface area (Å²) < 4.78 is 0. The summed E-state index contributed by atoms with van der Waals surface area (Å²) in [6.07, 6.45) is 2.27. The number of anilines is 1. The van der Waals surface area contributed by atoms with E-state index in [2.05, 4.69) is 11.0 Å². The van der Waals surface area contributed by atoms with Crippen molar-refractivity contribution in [2.45, 2.75) is 18.9 Å². The SMILES string of the molecule is Cl.N#Cc1ccc(N2CCC[C@H](N)C2)cc1. The minimum Gasteiger partial charge on any atom is -0.370 e. The maximum absolute atomic E-state index is 8.70. The van der Waals surface area contributed by atoms with Gasteiger partial charge in [0.15, 0.2) is 0 Å². The highest BCUT2D eigenvalue weighted by molar-refractivity contribution is 5.85. The van der Waals surface area contributed by atoms with E-state index in [0.717, 1.165) is 25.9 Å². The van der Waals surface area contributed by atoms with Crippen molar-refractivity contribution >= 4 is 18.1 Å². The average molecular weight is 238 g/mol. The molecule has 0 amide bonds. The molecule has 1 atom stereocenters. The quantitative estimate of drug-likeness (QED) is 0.812. The lowest BCUT2D eigenvalue weighted by Crippen LogP contribution is -2.42. The Balaban J connectivity index is 0.00000128. The van der Waals surface area contributed by atoms with E-state index in [-0.39, 0.29) is 18.4 Å². The van der Waals surface area contributed by atoms with Crippen molar-refractivity contribution in [2.24, 2.45) is 5.73 Å². The number of hydrogen-bond acceptors (Lipinski definition) is 3. The predicted molar refractivity (Wildman–Crippen MR) is 67.8 cm³/mol. The number of hydrogen-bond donors (Lipinski definition) is 1. The van der Waals surface area contributed by atoms with Gasteiger partial charge in [0.25, 0.3) is 0 Å². The maximum atomic E-state index is 8.70. The van der Waals surface area contributed by atoms with Gasteiger partial charge in [-0.3, -0.25) is 0 Å². The van der Waals surface area contributed by atoms with Crippen LogP contribution in [0.4, 0.5) is 5.69 Å². The van der Waals surface area contributed by atoms with Crippen molar-refractivity contribution in [2.75, 3.05) is 18.0 Å². The highest BCUT2D eigenvalue weighted by Gasteiger charge is 2.16. The second-order valence-corrected chi connectivity index (χ2v) is 4.01. The highest BCUT2D eigenvalue weighted by Crippen LogP contribution is 2.19. The molecule has 2 rings (SSSR count).